The largest absolute Gasteiger partial charge is 0.326 e. The monoisotopic (exact) mass is 151 g/mol. The predicted octanol–water partition coefficient (Wildman–Crippen LogP) is 0.763. The lowest BCUT2D eigenvalue weighted by atomic mass is 10.0. The first-order valence-electron chi connectivity index (χ1n) is 3.63. The van der Waals surface area contributed by atoms with Gasteiger partial charge in [0.15, 0.2) is 0 Å². The van der Waals surface area contributed by atoms with E-state index in [-0.39, 0.29) is 5.54 Å². The Morgan fingerprint density at radius 1 is 1.55 bits per heavy atom. The Bertz CT molecular complexity index is 223. The number of rotatable bonds is 1. The second-order valence-electron chi connectivity index (χ2n) is 3.10. The van der Waals surface area contributed by atoms with Gasteiger partial charge < -0.3 is 5.73 Å². The van der Waals surface area contributed by atoms with Gasteiger partial charge in [0.05, 0.1) is 5.54 Å². The lowest BCUT2D eigenvalue weighted by molar-refractivity contribution is 0.658. The van der Waals surface area contributed by atoms with Crippen LogP contribution in [0.2, 0.25) is 0 Å². The molecule has 11 heavy (non-hydrogen) atoms. The third-order valence-electron chi connectivity index (χ3n) is 1.47. The standard InChI is InChI=1S/C8H13N3/c1-8(2)3-7(4-9)5-10-6-11-8/h3,5-6H,4,9H2,1-2H3. The maximum Gasteiger partial charge on any atom is 0.110 e. The van der Waals surface area contributed by atoms with E-state index in [0.717, 1.165) is 5.57 Å². The summed E-state index contributed by atoms with van der Waals surface area (Å²) in [6.45, 7) is 4.57. The molecule has 0 amide bonds. The van der Waals surface area contributed by atoms with E-state index >= 15 is 0 Å². The van der Waals surface area contributed by atoms with E-state index in [9.17, 15) is 0 Å². The van der Waals surface area contributed by atoms with Crippen LogP contribution in [0.5, 0.6) is 0 Å². The third-order valence-corrected chi connectivity index (χ3v) is 1.47. The molecule has 1 heterocycles. The zero-order chi connectivity index (χ0) is 8.32. The van der Waals surface area contributed by atoms with Gasteiger partial charge in [-0.2, -0.15) is 0 Å². The van der Waals surface area contributed by atoms with Crippen LogP contribution < -0.4 is 5.73 Å². The summed E-state index contributed by atoms with van der Waals surface area (Å²) in [6, 6.07) is 0. The Hall–Kier alpha value is -0.960. The van der Waals surface area contributed by atoms with Crippen molar-refractivity contribution < 1.29 is 0 Å². The molecule has 0 aromatic heterocycles. The van der Waals surface area contributed by atoms with Crippen molar-refractivity contribution in [3.05, 3.63) is 11.6 Å². The summed E-state index contributed by atoms with van der Waals surface area (Å²) in [5.74, 6) is 0. The van der Waals surface area contributed by atoms with Crippen molar-refractivity contribution in [1.82, 2.24) is 0 Å². The highest BCUT2D eigenvalue weighted by molar-refractivity contribution is 5.86. The number of nitrogens with zero attached hydrogens (tertiary/aromatic N) is 2. The summed E-state index contributed by atoms with van der Waals surface area (Å²) in [6.07, 6.45) is 5.34. The first-order valence-corrected chi connectivity index (χ1v) is 3.63. The molecule has 0 aliphatic carbocycles. The second kappa shape index (κ2) is 2.96. The molecule has 0 fully saturated rings. The van der Waals surface area contributed by atoms with Crippen LogP contribution in [0, 0.1) is 0 Å². The molecular weight excluding hydrogens is 138 g/mol. The van der Waals surface area contributed by atoms with E-state index in [1.165, 1.54) is 0 Å². The zero-order valence-corrected chi connectivity index (χ0v) is 6.91. The van der Waals surface area contributed by atoms with E-state index in [1.54, 1.807) is 12.6 Å². The average molecular weight is 151 g/mol. The molecule has 2 N–H and O–H groups in total. The van der Waals surface area contributed by atoms with Gasteiger partial charge in [-0.3, -0.25) is 4.99 Å². The summed E-state index contributed by atoms with van der Waals surface area (Å²) in [5.41, 5.74) is 6.35. The van der Waals surface area contributed by atoms with Crippen molar-refractivity contribution in [1.29, 1.82) is 0 Å². The maximum absolute atomic E-state index is 5.48. The fraction of sp³-hybridized carbons (Fsp3) is 0.500. The molecule has 0 atom stereocenters. The van der Waals surface area contributed by atoms with Gasteiger partial charge in [0.2, 0.25) is 0 Å². The van der Waals surface area contributed by atoms with E-state index < -0.39 is 0 Å². The minimum absolute atomic E-state index is 0.162. The molecule has 1 aliphatic rings. The van der Waals surface area contributed by atoms with Crippen LogP contribution in [0.1, 0.15) is 13.8 Å². The number of aliphatic imine (C=N–C) groups is 2. The summed E-state index contributed by atoms with van der Waals surface area (Å²) >= 11 is 0. The second-order valence-corrected chi connectivity index (χ2v) is 3.10. The van der Waals surface area contributed by atoms with Crippen LogP contribution in [0.25, 0.3) is 0 Å². The van der Waals surface area contributed by atoms with Crippen molar-refractivity contribution in [2.24, 2.45) is 15.7 Å². The molecule has 0 spiro atoms. The molecule has 0 radical (unpaired) electrons. The van der Waals surface area contributed by atoms with Gasteiger partial charge in [-0.1, -0.05) is 6.08 Å². The molecular formula is C8H13N3. The summed E-state index contributed by atoms with van der Waals surface area (Å²) in [5, 5.41) is 0. The Labute approximate surface area is 66.7 Å². The van der Waals surface area contributed by atoms with Gasteiger partial charge in [0.25, 0.3) is 0 Å². The lowest BCUT2D eigenvalue weighted by Crippen LogP contribution is -2.15. The van der Waals surface area contributed by atoms with Crippen LogP contribution in [-0.2, 0) is 0 Å². The molecule has 0 saturated carbocycles. The number of nitrogens with two attached hydrogens (primary N) is 1. The first kappa shape index (κ1) is 8.14. The van der Waals surface area contributed by atoms with Gasteiger partial charge in [-0.15, -0.1) is 0 Å². The minimum Gasteiger partial charge on any atom is -0.326 e. The maximum atomic E-state index is 5.48. The van der Waals surface area contributed by atoms with E-state index in [4.69, 9.17) is 5.73 Å². The first-order chi connectivity index (χ1) is 5.14. The molecule has 60 valence electrons. The van der Waals surface area contributed by atoms with Crippen molar-refractivity contribution in [2.75, 3.05) is 6.54 Å². The average Bonchev–Trinajstić information content (AvgIpc) is 2.10. The number of hydrogen-bond donors (Lipinski definition) is 1. The summed E-state index contributed by atoms with van der Waals surface area (Å²) < 4.78 is 0. The van der Waals surface area contributed by atoms with Crippen molar-refractivity contribution in [3.63, 3.8) is 0 Å². The highest BCUT2D eigenvalue weighted by atomic mass is 14.9. The van der Waals surface area contributed by atoms with Crippen LogP contribution in [0.4, 0.5) is 0 Å². The van der Waals surface area contributed by atoms with Gasteiger partial charge in [-0.05, 0) is 19.4 Å². The van der Waals surface area contributed by atoms with Crippen molar-refractivity contribution in [3.8, 4) is 0 Å². The Morgan fingerprint density at radius 2 is 2.27 bits per heavy atom. The van der Waals surface area contributed by atoms with E-state index in [0.29, 0.717) is 6.54 Å². The highest BCUT2D eigenvalue weighted by Gasteiger charge is 2.13. The van der Waals surface area contributed by atoms with Crippen molar-refractivity contribution in [2.45, 2.75) is 19.4 Å². The van der Waals surface area contributed by atoms with Crippen molar-refractivity contribution >= 4 is 12.6 Å². The molecule has 0 bridgehead atoms. The van der Waals surface area contributed by atoms with Gasteiger partial charge in [0.1, 0.15) is 6.34 Å². The van der Waals surface area contributed by atoms with E-state index in [1.807, 2.05) is 19.9 Å². The van der Waals surface area contributed by atoms with Gasteiger partial charge in [0, 0.05) is 12.8 Å². The predicted molar refractivity (Wildman–Crippen MR) is 48.2 cm³/mol. The fourth-order valence-corrected chi connectivity index (χ4v) is 0.951. The Morgan fingerprint density at radius 3 is 2.91 bits per heavy atom. The number of hydrogen-bond acceptors (Lipinski definition) is 3. The molecule has 0 unspecified atom stereocenters. The Balaban J connectivity index is 2.90. The molecule has 1 rings (SSSR count). The zero-order valence-electron chi connectivity index (χ0n) is 6.91. The topological polar surface area (TPSA) is 50.7 Å². The smallest absolute Gasteiger partial charge is 0.110 e. The molecule has 3 nitrogen and oxygen atoms in total. The minimum atomic E-state index is -0.162. The van der Waals surface area contributed by atoms with E-state index in [2.05, 4.69) is 9.98 Å². The van der Waals surface area contributed by atoms with Crippen LogP contribution in [0.3, 0.4) is 0 Å². The fourth-order valence-electron chi connectivity index (χ4n) is 0.951. The highest BCUT2D eigenvalue weighted by Crippen LogP contribution is 2.13. The van der Waals surface area contributed by atoms with Crippen LogP contribution in [0.15, 0.2) is 21.6 Å². The normalized spacial score (nSPS) is 21.2. The van der Waals surface area contributed by atoms with Gasteiger partial charge in [-0.25, -0.2) is 4.99 Å². The molecule has 0 aromatic carbocycles. The summed E-state index contributed by atoms with van der Waals surface area (Å²) in [4.78, 5) is 8.15. The van der Waals surface area contributed by atoms with Crippen LogP contribution >= 0.6 is 0 Å². The molecule has 1 aliphatic heterocycles. The Kier molecular flexibility index (Phi) is 2.19. The third kappa shape index (κ3) is 2.27. The lowest BCUT2D eigenvalue weighted by Gasteiger charge is -2.12. The van der Waals surface area contributed by atoms with Gasteiger partial charge >= 0.3 is 0 Å². The molecule has 0 saturated heterocycles. The summed E-state index contributed by atoms with van der Waals surface area (Å²) in [7, 11) is 0. The quantitative estimate of drug-likeness (QED) is 0.591. The molecule has 0 aromatic rings. The SMILES string of the molecule is CC1(C)C=C(CN)C=NC=N1. The van der Waals surface area contributed by atoms with Crippen LogP contribution in [-0.4, -0.2) is 24.6 Å². The molecule has 3 heteroatoms.